The van der Waals surface area contributed by atoms with Gasteiger partial charge in [-0.15, -0.1) is 5.10 Å². The number of sulfonamides is 1. The summed E-state index contributed by atoms with van der Waals surface area (Å²) in [6, 6.07) is 7.62. The molecule has 2 aliphatic heterocycles. The molecule has 0 unspecified atom stereocenters. The van der Waals surface area contributed by atoms with Gasteiger partial charge in [-0.1, -0.05) is 5.21 Å². The molecule has 338 valence electrons. The molecule has 62 heavy (non-hydrogen) atoms. The van der Waals surface area contributed by atoms with Gasteiger partial charge in [-0.05, 0) is 24.3 Å². The summed E-state index contributed by atoms with van der Waals surface area (Å²) < 4.78 is 84.8. The van der Waals surface area contributed by atoms with Crippen molar-refractivity contribution in [2.45, 2.75) is 116 Å². The lowest BCUT2D eigenvalue weighted by Crippen LogP contribution is -2.66. The fourth-order valence-electron chi connectivity index (χ4n) is 6.46. The van der Waals surface area contributed by atoms with Gasteiger partial charge in [0.05, 0.1) is 36.3 Å². The van der Waals surface area contributed by atoms with Crippen molar-refractivity contribution in [3.63, 3.8) is 0 Å². The van der Waals surface area contributed by atoms with Gasteiger partial charge in [-0.25, -0.2) is 13.1 Å². The quantitative estimate of drug-likeness (QED) is 0.157. The number of anilines is 1. The second-order valence-electron chi connectivity index (χ2n) is 13.8. The minimum absolute atomic E-state index is 0.0291. The number of nitriles is 1. The van der Waals surface area contributed by atoms with Gasteiger partial charge in [0.2, 0.25) is 10.0 Å². The van der Waals surface area contributed by atoms with Crippen molar-refractivity contribution in [2.24, 2.45) is 0 Å². The van der Waals surface area contributed by atoms with Crippen LogP contribution in [-0.4, -0.2) is 140 Å². The van der Waals surface area contributed by atoms with Gasteiger partial charge in [0, 0.05) is 48.5 Å². The highest BCUT2D eigenvalue weighted by molar-refractivity contribution is 7.92. The second-order valence-corrected chi connectivity index (χ2v) is 15.7. The lowest BCUT2D eigenvalue weighted by molar-refractivity contribution is -0.349. The molecule has 1 aromatic carbocycles. The number of carbonyl (C=O) groups is 7. The first kappa shape index (κ1) is 48.4. The monoisotopic (exact) mass is 895 g/mol. The maximum absolute atomic E-state index is 12.9. The topological polar surface area (TPSA) is 304 Å². The fourth-order valence-corrected chi connectivity index (χ4v) is 7.33. The Kier molecular flexibility index (Phi) is 16.4. The Morgan fingerprint density at radius 3 is 1.63 bits per heavy atom. The molecule has 2 aromatic rings. The predicted molar refractivity (Wildman–Crippen MR) is 201 cm³/mol. The number of rotatable bonds is 16. The first-order valence-corrected chi connectivity index (χ1v) is 20.4. The van der Waals surface area contributed by atoms with Crippen LogP contribution in [0.1, 0.15) is 66.0 Å². The molecule has 0 N–H and O–H groups in total. The molecule has 2 saturated heterocycles. The van der Waals surface area contributed by atoms with Crippen molar-refractivity contribution >= 4 is 57.5 Å². The molecule has 0 spiro atoms. The van der Waals surface area contributed by atoms with Gasteiger partial charge < -0.3 is 47.4 Å². The molecule has 4 rings (SSSR count). The summed E-state index contributed by atoms with van der Waals surface area (Å²) >= 11 is 0. The van der Waals surface area contributed by atoms with Gasteiger partial charge in [0.25, 0.3) is 0 Å². The Bertz CT molecular complexity index is 2140. The van der Waals surface area contributed by atoms with E-state index in [4.69, 9.17) is 47.4 Å². The molecule has 0 radical (unpaired) electrons. The average Bonchev–Trinajstić information content (AvgIpc) is 3.63. The van der Waals surface area contributed by atoms with Crippen LogP contribution in [0.3, 0.4) is 0 Å². The summed E-state index contributed by atoms with van der Waals surface area (Å²) in [4.78, 5) is 86.8. The van der Waals surface area contributed by atoms with Gasteiger partial charge >= 0.3 is 41.8 Å². The fraction of sp³-hybridized carbons (Fsp3) is 0.568. The lowest BCUT2D eigenvalue weighted by Gasteiger charge is -2.48. The van der Waals surface area contributed by atoms with Crippen molar-refractivity contribution in [1.82, 2.24) is 15.0 Å². The van der Waals surface area contributed by atoms with Crippen LogP contribution < -0.4 is 4.31 Å². The summed E-state index contributed by atoms with van der Waals surface area (Å²) in [5.74, 6) is -6.30. The number of carbonyl (C=O) groups excluding carboxylic acids is 7. The Morgan fingerprint density at radius 2 is 1.15 bits per heavy atom. The van der Waals surface area contributed by atoms with E-state index < -0.39 is 133 Å². The molecule has 0 aliphatic carbocycles. The van der Waals surface area contributed by atoms with E-state index in [1.807, 2.05) is 6.07 Å². The number of benzene rings is 1. The maximum Gasteiger partial charge on any atom is 0.303 e. The van der Waals surface area contributed by atoms with E-state index in [2.05, 4.69) is 10.3 Å². The van der Waals surface area contributed by atoms with Gasteiger partial charge in [0.1, 0.15) is 37.2 Å². The van der Waals surface area contributed by atoms with E-state index in [9.17, 15) is 47.2 Å². The van der Waals surface area contributed by atoms with Crippen LogP contribution in [-0.2, 0) is 97.5 Å². The van der Waals surface area contributed by atoms with Gasteiger partial charge in [0.15, 0.2) is 43.0 Å². The molecule has 2 aliphatic rings. The van der Waals surface area contributed by atoms with Crippen LogP contribution in [0.4, 0.5) is 5.69 Å². The predicted octanol–water partition coefficient (Wildman–Crippen LogP) is -0.0918. The largest absolute Gasteiger partial charge is 0.463 e. The average molecular weight is 896 g/mol. The molecule has 24 nitrogen and oxygen atoms in total. The molecule has 10 atom stereocenters. The van der Waals surface area contributed by atoms with Crippen LogP contribution in [0.2, 0.25) is 0 Å². The van der Waals surface area contributed by atoms with Crippen LogP contribution in [0.5, 0.6) is 0 Å². The number of ether oxygens (including phenoxy) is 10. The van der Waals surface area contributed by atoms with Crippen LogP contribution in [0, 0.1) is 11.3 Å². The highest BCUT2D eigenvalue weighted by Gasteiger charge is 2.58. The van der Waals surface area contributed by atoms with E-state index in [1.54, 1.807) is 0 Å². The number of hydrogen-bond donors (Lipinski definition) is 0. The highest BCUT2D eigenvalue weighted by Crippen LogP contribution is 2.38. The van der Waals surface area contributed by atoms with Crippen molar-refractivity contribution in [3.05, 3.63) is 41.7 Å². The Balaban J connectivity index is 1.83. The van der Waals surface area contributed by atoms with Crippen molar-refractivity contribution in [1.29, 1.82) is 5.26 Å². The normalized spacial score (nSPS) is 25.8. The minimum atomic E-state index is -3.96. The summed E-state index contributed by atoms with van der Waals surface area (Å²) in [5.41, 5.74) is 0.494. The van der Waals surface area contributed by atoms with Crippen molar-refractivity contribution < 1.29 is 89.3 Å². The number of nitrogens with zero attached hydrogens (tertiary/aromatic N) is 5. The molecular weight excluding hydrogens is 850 g/mol. The highest BCUT2D eigenvalue weighted by atomic mass is 32.2. The summed E-state index contributed by atoms with van der Waals surface area (Å²) in [7, 11) is -3.96. The standard InChI is InChI=1S/C37H45N5O19S/c1-18(43)52-16-28-31(61-37-35(58-24(7)49)33(56-22(5)47)30(54-20(3)45)29(60-37)17-53-19(2)44)32(55-21(4)46)34(57-23(6)48)36(59-28)41-14-26(39-40-41)15-42(62(8,50)51)27-11-9-25(13-38)10-12-27/h9-12,14,28-37H,15-17H2,1-8H3/t28-,29-,30+,31-,32+,33+,34-,35-,36+,37+/m1/s1. The molecule has 0 bridgehead atoms. The van der Waals surface area contributed by atoms with Crippen molar-refractivity contribution in [3.8, 4) is 6.07 Å². The molecular formula is C37H45N5O19S. The van der Waals surface area contributed by atoms with Crippen LogP contribution in [0.25, 0.3) is 0 Å². The second kappa shape index (κ2) is 21.0. The zero-order chi connectivity index (χ0) is 46.1. The molecule has 0 amide bonds. The SMILES string of the molecule is CC(=O)OC[C@H]1O[C@@H](O[C@H]2[C@H](OC(C)=O)[C@@H](OC(C)=O)[C@@H](n3cc(CN(c4ccc(C#N)cc4)S(C)(=O)=O)nn3)O[C@@H]2COC(C)=O)[C@H](OC(C)=O)[C@@H](OC(C)=O)[C@H]1OC(C)=O. The third-order valence-electron chi connectivity index (χ3n) is 8.71. The van der Waals surface area contributed by atoms with Gasteiger partial charge in [-0.2, -0.15) is 5.26 Å². The minimum Gasteiger partial charge on any atom is -0.463 e. The Hall–Kier alpha value is -6.23. The van der Waals surface area contributed by atoms with E-state index in [1.165, 1.54) is 30.5 Å². The molecule has 25 heteroatoms. The molecule has 1 aromatic heterocycles. The Labute approximate surface area is 354 Å². The first-order chi connectivity index (χ1) is 29.1. The zero-order valence-corrected chi connectivity index (χ0v) is 35.5. The van der Waals surface area contributed by atoms with Crippen LogP contribution in [0.15, 0.2) is 30.5 Å². The van der Waals surface area contributed by atoms with E-state index in [0.717, 1.165) is 63.7 Å². The summed E-state index contributed by atoms with van der Waals surface area (Å²) in [6.07, 6.45) is -14.5. The van der Waals surface area contributed by atoms with Crippen LogP contribution >= 0.6 is 0 Å². The summed E-state index contributed by atoms with van der Waals surface area (Å²) in [5, 5.41) is 17.4. The number of esters is 7. The zero-order valence-electron chi connectivity index (χ0n) is 34.7. The maximum atomic E-state index is 12.9. The molecule has 0 saturated carbocycles. The van der Waals surface area contributed by atoms with E-state index in [-0.39, 0.29) is 16.9 Å². The van der Waals surface area contributed by atoms with E-state index >= 15 is 0 Å². The third-order valence-corrected chi connectivity index (χ3v) is 9.85. The van der Waals surface area contributed by atoms with E-state index in [0.29, 0.717) is 0 Å². The molecule has 3 heterocycles. The lowest BCUT2D eigenvalue weighted by atomic mass is 9.95. The number of hydrogen-bond acceptors (Lipinski definition) is 22. The van der Waals surface area contributed by atoms with Gasteiger partial charge in [-0.3, -0.25) is 37.9 Å². The number of aromatic nitrogens is 3. The third kappa shape index (κ3) is 13.1. The molecule has 2 fully saturated rings. The van der Waals surface area contributed by atoms with Crippen molar-refractivity contribution in [2.75, 3.05) is 23.8 Å². The smallest absolute Gasteiger partial charge is 0.303 e. The summed E-state index contributed by atoms with van der Waals surface area (Å²) in [6.45, 7) is 5.54. The Morgan fingerprint density at radius 1 is 0.677 bits per heavy atom. The first-order valence-electron chi connectivity index (χ1n) is 18.6.